The first kappa shape index (κ1) is 46.8. The fourth-order valence-corrected chi connectivity index (χ4v) is 10.1. The number of hydrogen-bond donors (Lipinski definition) is 4. The normalized spacial score (nSPS) is 11.7. The van der Waals surface area contributed by atoms with Gasteiger partial charge in [-0.3, -0.25) is 0 Å². The van der Waals surface area contributed by atoms with Crippen molar-refractivity contribution in [2.24, 2.45) is 0 Å². The van der Waals surface area contributed by atoms with Crippen LogP contribution >= 0.6 is 56.9 Å². The maximum absolute atomic E-state index is 12.9. The zero-order valence-electron chi connectivity index (χ0n) is 33.1. The molecule has 0 saturated carbocycles. The van der Waals surface area contributed by atoms with Gasteiger partial charge in [-0.05, 0) is 59.0 Å². The summed E-state index contributed by atoms with van der Waals surface area (Å²) in [6, 6.07) is 21.6. The highest BCUT2D eigenvalue weighted by molar-refractivity contribution is 7.23. The van der Waals surface area contributed by atoms with Gasteiger partial charge in [-0.2, -0.15) is 26.3 Å². The Morgan fingerprint density at radius 3 is 1.60 bits per heavy atom. The van der Waals surface area contributed by atoms with Crippen LogP contribution in [0.15, 0.2) is 85.2 Å². The lowest BCUT2D eigenvalue weighted by molar-refractivity contribution is -0.138. The number of aromatic nitrogens is 4. The molecule has 5 N–H and O–H groups in total. The third-order valence-corrected chi connectivity index (χ3v) is 13.8. The van der Waals surface area contributed by atoms with E-state index in [2.05, 4.69) is 69.4 Å². The lowest BCUT2D eigenvalue weighted by Crippen LogP contribution is -2.11. The number of rotatable bonds is 8. The van der Waals surface area contributed by atoms with E-state index in [0.29, 0.717) is 40.7 Å². The molecule has 328 valence electrons. The number of nitrogens with two attached hydrogens (primary N) is 1. The standard InChI is InChI=1S/C21H16F3N3O2S2.C14H14N2S2.C7H3ClF3NO2/c1-10(2)17-16(15-7-11-5-3-4-6-14(11)30-15)26-20(31-17)27-18-13(19(28)29)8-12(9-25-18)21(22,23)24;1-8(2)13-12(16-14(15)18-13)11-7-9-5-3-4-6-10(9)17-11;8-5-4(6(13)14)1-3(2-12-5)7(9,10)11/h3-10H,1-2H3,(H,28,29)(H,25,26,27);3-8H,1-2H3,(H2,15,16);1-2H,(H,13,14). The predicted octanol–water partition coefficient (Wildman–Crippen LogP) is 14.2. The number of alkyl halides is 6. The van der Waals surface area contributed by atoms with Crippen molar-refractivity contribution in [3.8, 4) is 21.1 Å². The summed E-state index contributed by atoms with van der Waals surface area (Å²) in [5.74, 6) is -2.64. The molecule has 0 aliphatic heterocycles. The number of anilines is 3. The lowest BCUT2D eigenvalue weighted by atomic mass is 10.1. The topological polar surface area (TPSA) is 164 Å². The van der Waals surface area contributed by atoms with Gasteiger partial charge in [-0.25, -0.2) is 29.5 Å². The Hall–Kier alpha value is -5.67. The van der Waals surface area contributed by atoms with Gasteiger partial charge in [0.15, 0.2) is 10.3 Å². The van der Waals surface area contributed by atoms with Gasteiger partial charge >= 0.3 is 24.3 Å². The molecule has 8 rings (SSSR count). The maximum Gasteiger partial charge on any atom is 0.417 e. The zero-order valence-corrected chi connectivity index (χ0v) is 37.1. The summed E-state index contributed by atoms with van der Waals surface area (Å²) in [6.45, 7) is 8.41. The van der Waals surface area contributed by atoms with Crippen molar-refractivity contribution in [3.05, 3.63) is 122 Å². The van der Waals surface area contributed by atoms with Crippen LogP contribution in [0.5, 0.6) is 0 Å². The molecule has 6 aromatic heterocycles. The smallest absolute Gasteiger partial charge is 0.417 e. The molecule has 0 fully saturated rings. The average Bonchev–Trinajstić information content (AvgIpc) is 4.02. The lowest BCUT2D eigenvalue weighted by Gasteiger charge is -2.10. The molecule has 63 heavy (non-hydrogen) atoms. The first-order valence-electron chi connectivity index (χ1n) is 18.4. The van der Waals surface area contributed by atoms with Crippen LogP contribution in [0.4, 0.5) is 42.4 Å². The van der Waals surface area contributed by atoms with Crippen LogP contribution in [-0.4, -0.2) is 42.1 Å². The first-order chi connectivity index (χ1) is 29.6. The van der Waals surface area contributed by atoms with Crippen molar-refractivity contribution in [1.29, 1.82) is 0 Å². The van der Waals surface area contributed by atoms with Crippen LogP contribution in [0, 0.1) is 0 Å². The van der Waals surface area contributed by atoms with Crippen LogP contribution in [0.3, 0.4) is 0 Å². The van der Waals surface area contributed by atoms with Crippen LogP contribution in [0.25, 0.3) is 41.3 Å². The van der Waals surface area contributed by atoms with Crippen molar-refractivity contribution < 1.29 is 46.1 Å². The Morgan fingerprint density at radius 1 is 0.667 bits per heavy atom. The molecule has 0 unspecified atom stereocenters. The van der Waals surface area contributed by atoms with E-state index in [4.69, 9.17) is 22.4 Å². The van der Waals surface area contributed by atoms with Gasteiger partial charge < -0.3 is 21.3 Å². The number of thiazole rings is 2. The van der Waals surface area contributed by atoms with E-state index >= 15 is 0 Å². The Kier molecular flexibility index (Phi) is 14.1. The number of aromatic carboxylic acids is 2. The van der Waals surface area contributed by atoms with Gasteiger partial charge in [-0.15, -0.1) is 45.3 Å². The number of hydrogen-bond acceptors (Lipinski definition) is 12. The number of carbonyl (C=O) groups is 2. The third-order valence-electron chi connectivity index (χ3n) is 8.76. The Balaban J connectivity index is 0.000000174. The SMILES string of the molecule is CC(C)c1sc(N)nc1-c1cc2ccccc2s1.CC(C)c1sc(Nc2ncc(C(F)(F)F)cc2C(=O)O)nc1-c1cc2ccccc2s1.O=C(O)c1cc(C(F)(F)F)cnc1Cl. The molecule has 0 radical (unpaired) electrons. The number of nitrogen functional groups attached to an aromatic ring is 1. The van der Waals surface area contributed by atoms with Crippen molar-refractivity contribution in [2.45, 2.75) is 51.9 Å². The van der Waals surface area contributed by atoms with Crippen LogP contribution in [0.2, 0.25) is 5.15 Å². The van der Waals surface area contributed by atoms with Gasteiger partial charge in [-0.1, -0.05) is 75.7 Å². The van der Waals surface area contributed by atoms with Crippen molar-refractivity contribution in [2.75, 3.05) is 11.1 Å². The zero-order chi connectivity index (χ0) is 46.0. The van der Waals surface area contributed by atoms with E-state index in [1.165, 1.54) is 31.2 Å². The van der Waals surface area contributed by atoms with E-state index in [9.17, 15) is 41.0 Å². The number of carboxylic acid groups (broad SMARTS) is 2. The van der Waals surface area contributed by atoms with Crippen molar-refractivity contribution >= 4 is 105 Å². The molecule has 10 nitrogen and oxygen atoms in total. The summed E-state index contributed by atoms with van der Waals surface area (Å²) < 4.78 is 77.5. The largest absolute Gasteiger partial charge is 0.478 e. The monoisotopic (exact) mass is 962 g/mol. The number of pyridine rings is 2. The highest BCUT2D eigenvalue weighted by Crippen LogP contribution is 2.43. The van der Waals surface area contributed by atoms with Gasteiger partial charge in [0.2, 0.25) is 0 Å². The van der Waals surface area contributed by atoms with Gasteiger partial charge in [0.1, 0.15) is 16.5 Å². The second kappa shape index (κ2) is 19.0. The van der Waals surface area contributed by atoms with Gasteiger partial charge in [0, 0.05) is 31.5 Å². The predicted molar refractivity (Wildman–Crippen MR) is 239 cm³/mol. The summed E-state index contributed by atoms with van der Waals surface area (Å²) in [6.07, 6.45) is -8.22. The average molecular weight is 963 g/mol. The first-order valence-corrected chi connectivity index (χ1v) is 22.0. The maximum atomic E-state index is 12.9. The molecule has 0 bridgehead atoms. The van der Waals surface area contributed by atoms with Crippen LogP contribution in [-0.2, 0) is 12.4 Å². The molecular formula is C42H33ClF6N6O4S4. The molecular weight excluding hydrogens is 930 g/mol. The van der Waals surface area contributed by atoms with E-state index < -0.39 is 51.7 Å². The molecule has 2 aromatic carbocycles. The number of nitrogens with zero attached hydrogens (tertiary/aromatic N) is 4. The Labute approximate surface area is 375 Å². The minimum atomic E-state index is -4.68. The molecule has 0 saturated heterocycles. The highest BCUT2D eigenvalue weighted by atomic mass is 35.5. The molecule has 21 heteroatoms. The second-order valence-corrected chi connectivity index (χ2v) is 18.6. The highest BCUT2D eigenvalue weighted by Gasteiger charge is 2.34. The minimum absolute atomic E-state index is 0.146. The molecule has 0 amide bonds. The summed E-state index contributed by atoms with van der Waals surface area (Å²) >= 11 is 11.6. The third kappa shape index (κ3) is 11.1. The van der Waals surface area contributed by atoms with Crippen LogP contribution in [0.1, 0.15) is 81.1 Å². The molecule has 0 atom stereocenters. The quantitative estimate of drug-likeness (QED) is 0.0851. The molecule has 8 aromatic rings. The summed E-state index contributed by atoms with van der Waals surface area (Å²) in [7, 11) is 0. The van der Waals surface area contributed by atoms with E-state index in [1.54, 1.807) is 34.0 Å². The van der Waals surface area contributed by atoms with E-state index in [1.807, 2.05) is 44.2 Å². The van der Waals surface area contributed by atoms with Crippen molar-refractivity contribution in [1.82, 2.24) is 19.9 Å². The number of fused-ring (bicyclic) bond motifs is 2. The Morgan fingerprint density at radius 2 is 1.13 bits per heavy atom. The summed E-state index contributed by atoms with van der Waals surface area (Å²) in [4.78, 5) is 42.4. The Bertz CT molecular complexity index is 2880. The summed E-state index contributed by atoms with van der Waals surface area (Å²) in [5, 5.41) is 23.6. The molecule has 0 spiro atoms. The number of nitrogens with one attached hydrogen (secondary N) is 1. The number of benzene rings is 2. The summed E-state index contributed by atoms with van der Waals surface area (Å²) in [5.41, 5.74) is 4.20. The molecule has 0 aliphatic carbocycles. The van der Waals surface area contributed by atoms with E-state index in [-0.39, 0.29) is 11.7 Å². The second-order valence-electron chi connectivity index (χ2n) is 14.0. The fourth-order valence-electron chi connectivity index (χ4n) is 5.80. The number of halogens is 7. The van der Waals surface area contributed by atoms with Gasteiger partial charge in [0.05, 0.1) is 37.8 Å². The van der Waals surface area contributed by atoms with Crippen molar-refractivity contribution in [3.63, 3.8) is 0 Å². The fraction of sp³-hybridized carbons (Fsp3) is 0.190. The van der Waals surface area contributed by atoms with Crippen LogP contribution < -0.4 is 11.1 Å². The molecule has 6 heterocycles. The van der Waals surface area contributed by atoms with E-state index in [0.717, 1.165) is 31.2 Å². The number of thiophene rings is 2. The molecule has 0 aliphatic rings. The number of carboxylic acids is 2. The van der Waals surface area contributed by atoms with Gasteiger partial charge in [0.25, 0.3) is 0 Å². The minimum Gasteiger partial charge on any atom is -0.478 e.